The summed E-state index contributed by atoms with van der Waals surface area (Å²) in [7, 11) is 0. The van der Waals surface area contributed by atoms with Gasteiger partial charge in [0.05, 0.1) is 18.7 Å². The zero-order valence-corrected chi connectivity index (χ0v) is 19.6. The summed E-state index contributed by atoms with van der Waals surface area (Å²) in [5.74, 6) is 6.11. The summed E-state index contributed by atoms with van der Waals surface area (Å²) in [6.07, 6.45) is -0.179. The molecule has 4 rings (SSSR count). The molecule has 9 heteroatoms. The predicted molar refractivity (Wildman–Crippen MR) is 126 cm³/mol. The second kappa shape index (κ2) is 9.00. The Bertz CT molecular complexity index is 1340. The van der Waals surface area contributed by atoms with Crippen molar-refractivity contribution in [3.63, 3.8) is 0 Å². The van der Waals surface area contributed by atoms with Crippen molar-refractivity contribution in [1.29, 1.82) is 0 Å². The summed E-state index contributed by atoms with van der Waals surface area (Å²) in [5, 5.41) is 21.6. The van der Waals surface area contributed by atoms with E-state index in [0.717, 1.165) is 37.8 Å². The minimum Gasteiger partial charge on any atom is -0.481 e. The summed E-state index contributed by atoms with van der Waals surface area (Å²) in [6, 6.07) is 7.02. The number of benzene rings is 1. The third kappa shape index (κ3) is 4.43. The fourth-order valence-corrected chi connectivity index (χ4v) is 4.93. The van der Waals surface area contributed by atoms with Gasteiger partial charge in [0.1, 0.15) is 16.9 Å². The highest BCUT2D eigenvalue weighted by atomic mass is 32.1. The molecule has 2 aromatic heterocycles. The van der Waals surface area contributed by atoms with Crippen LogP contribution in [0.25, 0.3) is 5.00 Å². The molecule has 0 aliphatic carbocycles. The number of nitrogens with zero attached hydrogens (tertiary/aromatic N) is 4. The van der Waals surface area contributed by atoms with E-state index in [0.29, 0.717) is 11.6 Å². The van der Waals surface area contributed by atoms with Crippen molar-refractivity contribution in [2.45, 2.75) is 40.2 Å². The van der Waals surface area contributed by atoms with Crippen LogP contribution in [0.1, 0.15) is 58.2 Å². The molecular formula is C24H23N5O3S. The lowest BCUT2D eigenvalue weighted by molar-refractivity contribution is -0.137. The molecule has 0 saturated heterocycles. The summed E-state index contributed by atoms with van der Waals surface area (Å²) in [6.45, 7) is 7.72. The highest BCUT2D eigenvalue weighted by molar-refractivity contribution is 7.15. The molecule has 1 amide bonds. The number of amides is 1. The number of nitrogens with one attached hydrogen (secondary N) is 1. The number of aryl methyl sites for hydroxylation is 2. The van der Waals surface area contributed by atoms with Gasteiger partial charge in [-0.2, -0.15) is 0 Å². The normalized spacial score (nSPS) is 14.3. The Kier molecular flexibility index (Phi) is 6.11. The number of fused-ring (bicyclic) bond motifs is 3. The molecule has 0 spiro atoms. The lowest BCUT2D eigenvalue weighted by Gasteiger charge is -2.10. The van der Waals surface area contributed by atoms with Crippen molar-refractivity contribution in [2.24, 2.45) is 4.99 Å². The molecule has 2 N–H and O–H groups in total. The highest BCUT2D eigenvalue weighted by Crippen LogP contribution is 2.39. The van der Waals surface area contributed by atoms with Gasteiger partial charge in [0.15, 0.2) is 5.82 Å². The molecule has 168 valence electrons. The van der Waals surface area contributed by atoms with Gasteiger partial charge in [-0.15, -0.1) is 21.5 Å². The van der Waals surface area contributed by atoms with E-state index in [-0.39, 0.29) is 18.9 Å². The predicted octanol–water partition coefficient (Wildman–Crippen LogP) is 3.11. The third-order valence-corrected chi connectivity index (χ3v) is 6.62. The van der Waals surface area contributed by atoms with Gasteiger partial charge in [-0.05, 0) is 38.5 Å². The quantitative estimate of drug-likeness (QED) is 0.580. The monoisotopic (exact) mass is 461 g/mol. The summed E-state index contributed by atoms with van der Waals surface area (Å²) in [5.41, 5.74) is 4.49. The van der Waals surface area contributed by atoms with E-state index < -0.39 is 12.0 Å². The van der Waals surface area contributed by atoms with E-state index in [1.165, 1.54) is 6.92 Å². The summed E-state index contributed by atoms with van der Waals surface area (Å²) < 4.78 is 1.94. The Morgan fingerprint density at radius 2 is 1.91 bits per heavy atom. The topological polar surface area (TPSA) is 109 Å². The number of carboxylic acid groups (broad SMARTS) is 1. The number of thiophene rings is 1. The van der Waals surface area contributed by atoms with Crippen molar-refractivity contribution in [1.82, 2.24) is 20.1 Å². The van der Waals surface area contributed by atoms with Crippen molar-refractivity contribution in [3.8, 4) is 16.8 Å². The van der Waals surface area contributed by atoms with Crippen molar-refractivity contribution in [2.75, 3.05) is 6.54 Å². The Morgan fingerprint density at radius 3 is 2.58 bits per heavy atom. The molecule has 1 aromatic carbocycles. The number of rotatable bonds is 4. The lowest BCUT2D eigenvalue weighted by Crippen LogP contribution is -2.19. The fraction of sp³-hybridized carbons (Fsp3) is 0.292. The Balaban J connectivity index is 1.81. The van der Waals surface area contributed by atoms with E-state index in [2.05, 4.69) is 41.2 Å². The van der Waals surface area contributed by atoms with Crippen LogP contribution in [0.2, 0.25) is 0 Å². The SMILES string of the molecule is CC(=O)NCC#Cc1ccc(C2=N[C@H](CC(=O)O)c3nnc(C)n3-c3sc(C)c(C)c32)cc1. The minimum absolute atomic E-state index is 0.121. The molecule has 0 fully saturated rings. The number of carboxylic acids is 1. The molecule has 1 aliphatic heterocycles. The average Bonchev–Trinajstić information content (AvgIpc) is 3.24. The standard InChI is InChI=1S/C24H23N5O3S/c1-13-14(2)33-24-21(13)22(18-9-7-17(8-10-18)6-5-11-25-16(4)30)26-19(12-20(31)32)23-28-27-15(3)29(23)24/h7-10,19H,11-12H2,1-4H3,(H,25,30)(H,31,32)/t19-/m1/s1. The highest BCUT2D eigenvalue weighted by Gasteiger charge is 2.32. The minimum atomic E-state index is -0.946. The maximum atomic E-state index is 11.6. The molecule has 1 atom stereocenters. The van der Waals surface area contributed by atoms with E-state index in [1.807, 2.05) is 35.8 Å². The Hall–Kier alpha value is -3.77. The Labute approximate surface area is 195 Å². The van der Waals surface area contributed by atoms with Crippen LogP contribution in [0.5, 0.6) is 0 Å². The van der Waals surface area contributed by atoms with Crippen LogP contribution < -0.4 is 5.32 Å². The fourth-order valence-electron chi connectivity index (χ4n) is 3.72. The summed E-state index contributed by atoms with van der Waals surface area (Å²) in [4.78, 5) is 28.7. The molecular weight excluding hydrogens is 438 g/mol. The molecule has 8 nitrogen and oxygen atoms in total. The van der Waals surface area contributed by atoms with Crippen LogP contribution in [0.3, 0.4) is 0 Å². The molecule has 3 heterocycles. The summed E-state index contributed by atoms with van der Waals surface area (Å²) >= 11 is 1.63. The van der Waals surface area contributed by atoms with Gasteiger partial charge in [0.25, 0.3) is 0 Å². The van der Waals surface area contributed by atoms with Crippen molar-refractivity contribution in [3.05, 3.63) is 63.0 Å². The van der Waals surface area contributed by atoms with Crippen LogP contribution in [-0.4, -0.2) is 44.0 Å². The first-order chi connectivity index (χ1) is 15.8. The van der Waals surface area contributed by atoms with E-state index in [9.17, 15) is 14.7 Å². The number of aliphatic carboxylic acids is 1. The molecule has 0 bridgehead atoms. The van der Waals surface area contributed by atoms with Gasteiger partial charge in [0.2, 0.25) is 5.91 Å². The van der Waals surface area contributed by atoms with Gasteiger partial charge >= 0.3 is 5.97 Å². The molecule has 0 saturated carbocycles. The molecule has 3 aromatic rings. The maximum Gasteiger partial charge on any atom is 0.306 e. The van der Waals surface area contributed by atoms with Gasteiger partial charge in [0, 0.05) is 28.5 Å². The largest absolute Gasteiger partial charge is 0.481 e. The van der Waals surface area contributed by atoms with Gasteiger partial charge < -0.3 is 10.4 Å². The molecule has 1 aliphatic rings. The lowest BCUT2D eigenvalue weighted by atomic mass is 9.98. The van der Waals surface area contributed by atoms with Gasteiger partial charge in [-0.25, -0.2) is 0 Å². The van der Waals surface area contributed by atoms with Crippen molar-refractivity contribution < 1.29 is 14.7 Å². The Morgan fingerprint density at radius 1 is 1.18 bits per heavy atom. The number of aromatic nitrogens is 3. The third-order valence-electron chi connectivity index (χ3n) is 5.42. The van der Waals surface area contributed by atoms with Crippen LogP contribution in [0.15, 0.2) is 29.3 Å². The zero-order chi connectivity index (χ0) is 23.7. The second-order valence-corrected chi connectivity index (χ2v) is 8.99. The van der Waals surface area contributed by atoms with Crippen LogP contribution in [0, 0.1) is 32.6 Å². The number of carbonyl (C=O) groups excluding carboxylic acids is 1. The maximum absolute atomic E-state index is 11.6. The number of hydrogen-bond donors (Lipinski definition) is 2. The smallest absolute Gasteiger partial charge is 0.306 e. The van der Waals surface area contributed by atoms with Crippen LogP contribution in [0.4, 0.5) is 0 Å². The van der Waals surface area contributed by atoms with Crippen LogP contribution >= 0.6 is 11.3 Å². The molecule has 0 radical (unpaired) electrons. The number of hydrogen-bond acceptors (Lipinski definition) is 6. The molecule has 33 heavy (non-hydrogen) atoms. The number of carbonyl (C=O) groups is 2. The second-order valence-electron chi connectivity index (χ2n) is 7.78. The first-order valence-corrected chi connectivity index (χ1v) is 11.2. The average molecular weight is 462 g/mol. The van der Waals surface area contributed by atoms with E-state index in [4.69, 9.17) is 4.99 Å². The van der Waals surface area contributed by atoms with E-state index in [1.54, 1.807) is 11.3 Å². The van der Waals surface area contributed by atoms with Crippen LogP contribution in [-0.2, 0) is 9.59 Å². The van der Waals surface area contributed by atoms with E-state index >= 15 is 0 Å². The first kappa shape index (κ1) is 22.4. The van der Waals surface area contributed by atoms with Gasteiger partial charge in [-0.1, -0.05) is 24.0 Å². The van der Waals surface area contributed by atoms with Gasteiger partial charge in [-0.3, -0.25) is 19.1 Å². The zero-order valence-electron chi connectivity index (χ0n) is 18.8. The number of aliphatic imine (C=N–C) groups is 1. The van der Waals surface area contributed by atoms with Crippen molar-refractivity contribution >= 4 is 28.9 Å². The molecule has 0 unspecified atom stereocenters. The first-order valence-electron chi connectivity index (χ1n) is 10.4.